The average molecular weight is 263 g/mol. The summed E-state index contributed by atoms with van der Waals surface area (Å²) in [5.41, 5.74) is 7.45. The van der Waals surface area contributed by atoms with Crippen LogP contribution in [-0.4, -0.2) is 13.2 Å². The zero-order valence-electron chi connectivity index (χ0n) is 12.0. The summed E-state index contributed by atoms with van der Waals surface area (Å²) in [6.45, 7) is 5.25. The van der Waals surface area contributed by atoms with Crippen molar-refractivity contribution in [3.63, 3.8) is 0 Å². The van der Waals surface area contributed by atoms with Gasteiger partial charge in [-0.2, -0.15) is 0 Å². The molecule has 0 aliphatic heterocycles. The average Bonchev–Trinajstić information content (AvgIpc) is 2.36. The van der Waals surface area contributed by atoms with Crippen LogP contribution in [0.2, 0.25) is 0 Å². The molecule has 1 aliphatic rings. The molecule has 1 aromatic rings. The van der Waals surface area contributed by atoms with Gasteiger partial charge in [-0.15, -0.1) is 0 Å². The molecule has 1 unspecified atom stereocenters. The van der Waals surface area contributed by atoms with E-state index in [1.165, 1.54) is 19.3 Å². The van der Waals surface area contributed by atoms with E-state index in [1.807, 2.05) is 26.0 Å². The number of ether oxygens (including phenoxy) is 2. The van der Waals surface area contributed by atoms with Gasteiger partial charge in [0.15, 0.2) is 11.5 Å². The maximum absolute atomic E-state index is 6.30. The van der Waals surface area contributed by atoms with Crippen molar-refractivity contribution >= 4 is 0 Å². The van der Waals surface area contributed by atoms with Gasteiger partial charge in [0, 0.05) is 6.04 Å². The van der Waals surface area contributed by atoms with E-state index < -0.39 is 0 Å². The summed E-state index contributed by atoms with van der Waals surface area (Å²) >= 11 is 0. The largest absolute Gasteiger partial charge is 0.490 e. The van der Waals surface area contributed by atoms with E-state index in [9.17, 15) is 0 Å². The van der Waals surface area contributed by atoms with E-state index in [4.69, 9.17) is 15.2 Å². The molecule has 0 heterocycles. The Morgan fingerprint density at radius 2 is 1.84 bits per heavy atom. The predicted molar refractivity (Wildman–Crippen MR) is 77.7 cm³/mol. The van der Waals surface area contributed by atoms with E-state index in [0.29, 0.717) is 13.2 Å². The van der Waals surface area contributed by atoms with Crippen LogP contribution in [-0.2, 0) is 0 Å². The topological polar surface area (TPSA) is 44.5 Å². The lowest BCUT2D eigenvalue weighted by Crippen LogP contribution is -2.20. The third-order valence-electron chi connectivity index (χ3n) is 3.81. The normalized spacial score (nSPS) is 16.8. The molecule has 3 nitrogen and oxygen atoms in total. The van der Waals surface area contributed by atoms with E-state index in [1.54, 1.807) is 0 Å². The highest BCUT2D eigenvalue weighted by atomic mass is 16.5. The lowest BCUT2D eigenvalue weighted by atomic mass is 9.80. The van der Waals surface area contributed by atoms with Gasteiger partial charge in [0.25, 0.3) is 0 Å². The minimum Gasteiger partial charge on any atom is -0.490 e. The minimum atomic E-state index is 0.111. The van der Waals surface area contributed by atoms with Crippen molar-refractivity contribution in [2.75, 3.05) is 13.2 Å². The van der Waals surface area contributed by atoms with Crippen LogP contribution in [0.5, 0.6) is 11.5 Å². The lowest BCUT2D eigenvalue weighted by molar-refractivity contribution is 0.275. The van der Waals surface area contributed by atoms with Crippen molar-refractivity contribution in [2.45, 2.75) is 45.6 Å². The number of nitrogens with two attached hydrogens (primary N) is 1. The van der Waals surface area contributed by atoms with Gasteiger partial charge in [-0.25, -0.2) is 0 Å². The zero-order chi connectivity index (χ0) is 13.7. The molecule has 2 N–H and O–H groups in total. The molecule has 0 spiro atoms. The van der Waals surface area contributed by atoms with E-state index in [0.717, 1.165) is 29.4 Å². The van der Waals surface area contributed by atoms with Crippen LogP contribution in [0.4, 0.5) is 0 Å². The van der Waals surface area contributed by atoms with Gasteiger partial charge >= 0.3 is 0 Å². The van der Waals surface area contributed by atoms with Crippen molar-refractivity contribution in [1.29, 1.82) is 0 Å². The molecule has 1 aromatic carbocycles. The summed E-state index contributed by atoms with van der Waals surface area (Å²) < 4.78 is 11.2. The first kappa shape index (κ1) is 14.2. The molecule has 0 radical (unpaired) electrons. The van der Waals surface area contributed by atoms with Gasteiger partial charge < -0.3 is 15.2 Å². The lowest BCUT2D eigenvalue weighted by Gasteiger charge is -2.28. The first-order chi connectivity index (χ1) is 9.24. The molecule has 106 valence electrons. The SMILES string of the molecule is CCOc1ccc(C(N)CC2CCC2)cc1OCC. The molecule has 0 amide bonds. The van der Waals surface area contributed by atoms with Crippen LogP contribution in [0.15, 0.2) is 18.2 Å². The van der Waals surface area contributed by atoms with Crippen molar-refractivity contribution in [3.8, 4) is 11.5 Å². The molecule has 19 heavy (non-hydrogen) atoms. The molecular formula is C16H25NO2. The molecule has 1 aliphatic carbocycles. The van der Waals surface area contributed by atoms with E-state index in [2.05, 4.69) is 6.07 Å². The molecule has 2 rings (SSSR count). The highest BCUT2D eigenvalue weighted by Crippen LogP contribution is 2.36. The van der Waals surface area contributed by atoms with Gasteiger partial charge in [-0.05, 0) is 43.9 Å². The smallest absolute Gasteiger partial charge is 0.161 e. The Kier molecular flexibility index (Phi) is 5.08. The molecular weight excluding hydrogens is 238 g/mol. The monoisotopic (exact) mass is 263 g/mol. The zero-order valence-corrected chi connectivity index (χ0v) is 12.0. The number of benzene rings is 1. The van der Waals surface area contributed by atoms with Gasteiger partial charge in [0.05, 0.1) is 13.2 Å². The fraction of sp³-hybridized carbons (Fsp3) is 0.625. The third kappa shape index (κ3) is 3.63. The Labute approximate surface area is 116 Å². The van der Waals surface area contributed by atoms with Gasteiger partial charge in [-0.1, -0.05) is 25.3 Å². The Balaban J connectivity index is 2.08. The maximum Gasteiger partial charge on any atom is 0.161 e. The van der Waals surface area contributed by atoms with Crippen molar-refractivity contribution in [2.24, 2.45) is 11.7 Å². The van der Waals surface area contributed by atoms with Crippen molar-refractivity contribution in [3.05, 3.63) is 23.8 Å². The Bertz CT molecular complexity index is 402. The summed E-state index contributed by atoms with van der Waals surface area (Å²) in [4.78, 5) is 0. The second kappa shape index (κ2) is 6.80. The Morgan fingerprint density at radius 1 is 1.16 bits per heavy atom. The maximum atomic E-state index is 6.30. The third-order valence-corrected chi connectivity index (χ3v) is 3.81. The fourth-order valence-corrected chi connectivity index (χ4v) is 2.52. The second-order valence-electron chi connectivity index (χ2n) is 5.21. The molecule has 0 saturated heterocycles. The van der Waals surface area contributed by atoms with E-state index >= 15 is 0 Å². The summed E-state index contributed by atoms with van der Waals surface area (Å²) in [5.74, 6) is 2.44. The quantitative estimate of drug-likeness (QED) is 0.816. The summed E-state index contributed by atoms with van der Waals surface area (Å²) in [7, 11) is 0. The Hall–Kier alpha value is -1.22. The number of rotatable bonds is 7. The van der Waals surface area contributed by atoms with Crippen LogP contribution in [0.3, 0.4) is 0 Å². The summed E-state index contributed by atoms with van der Waals surface area (Å²) in [5, 5.41) is 0. The van der Waals surface area contributed by atoms with Crippen LogP contribution in [0, 0.1) is 5.92 Å². The Morgan fingerprint density at radius 3 is 2.42 bits per heavy atom. The number of hydrogen-bond donors (Lipinski definition) is 1. The van der Waals surface area contributed by atoms with Crippen molar-refractivity contribution < 1.29 is 9.47 Å². The molecule has 3 heteroatoms. The second-order valence-corrected chi connectivity index (χ2v) is 5.21. The van der Waals surface area contributed by atoms with E-state index in [-0.39, 0.29) is 6.04 Å². The van der Waals surface area contributed by atoms with Gasteiger partial charge in [0.1, 0.15) is 0 Å². The minimum absolute atomic E-state index is 0.111. The highest BCUT2D eigenvalue weighted by molar-refractivity contribution is 5.43. The molecule has 0 bridgehead atoms. The van der Waals surface area contributed by atoms with Gasteiger partial charge in [-0.3, -0.25) is 0 Å². The van der Waals surface area contributed by atoms with Crippen LogP contribution in [0.1, 0.15) is 51.1 Å². The van der Waals surface area contributed by atoms with Crippen molar-refractivity contribution in [1.82, 2.24) is 0 Å². The summed E-state index contributed by atoms with van der Waals surface area (Å²) in [6.07, 6.45) is 5.12. The predicted octanol–water partition coefficient (Wildman–Crippen LogP) is 3.67. The molecule has 1 atom stereocenters. The van der Waals surface area contributed by atoms with Crippen LogP contribution in [0.25, 0.3) is 0 Å². The van der Waals surface area contributed by atoms with Gasteiger partial charge in [0.2, 0.25) is 0 Å². The number of hydrogen-bond acceptors (Lipinski definition) is 3. The first-order valence-electron chi connectivity index (χ1n) is 7.39. The highest BCUT2D eigenvalue weighted by Gasteiger charge is 2.21. The van der Waals surface area contributed by atoms with Crippen LogP contribution >= 0.6 is 0 Å². The first-order valence-corrected chi connectivity index (χ1v) is 7.39. The standard InChI is InChI=1S/C16H25NO2/c1-3-18-15-9-8-13(11-16(15)19-4-2)14(17)10-12-6-5-7-12/h8-9,11-12,14H,3-7,10,17H2,1-2H3. The summed E-state index contributed by atoms with van der Waals surface area (Å²) in [6, 6.07) is 6.19. The molecule has 0 aromatic heterocycles. The molecule has 1 saturated carbocycles. The molecule has 1 fully saturated rings. The van der Waals surface area contributed by atoms with Crippen LogP contribution < -0.4 is 15.2 Å². The fourth-order valence-electron chi connectivity index (χ4n) is 2.52.